The van der Waals surface area contributed by atoms with Crippen LogP contribution in [0.15, 0.2) is 0 Å². The summed E-state index contributed by atoms with van der Waals surface area (Å²) in [6.07, 6.45) is 6.80. The lowest BCUT2D eigenvalue weighted by Gasteiger charge is -2.49. The fourth-order valence-corrected chi connectivity index (χ4v) is 3.08. The molecule has 1 saturated heterocycles. The van der Waals surface area contributed by atoms with E-state index in [0.29, 0.717) is 11.8 Å². The lowest BCUT2D eigenvalue weighted by Crippen LogP contribution is -2.70. The van der Waals surface area contributed by atoms with Gasteiger partial charge >= 0.3 is 0 Å². The first-order chi connectivity index (χ1) is 8.10. The van der Waals surface area contributed by atoms with E-state index in [1.807, 2.05) is 4.90 Å². The molecule has 0 aromatic heterocycles. The number of nitrogens with two attached hydrogens (primary N) is 1. The van der Waals surface area contributed by atoms with Gasteiger partial charge in [0, 0.05) is 19.0 Å². The maximum absolute atomic E-state index is 12.3. The number of rotatable bonds is 6. The van der Waals surface area contributed by atoms with Crippen molar-refractivity contribution >= 4 is 5.91 Å². The van der Waals surface area contributed by atoms with Gasteiger partial charge in [-0.2, -0.15) is 0 Å². The van der Waals surface area contributed by atoms with Gasteiger partial charge in [-0.15, -0.1) is 0 Å². The predicted molar refractivity (Wildman–Crippen MR) is 69.5 cm³/mol. The second-order valence-electron chi connectivity index (χ2n) is 5.98. The van der Waals surface area contributed by atoms with Crippen LogP contribution in [0.5, 0.6) is 0 Å². The van der Waals surface area contributed by atoms with Crippen LogP contribution < -0.4 is 5.73 Å². The van der Waals surface area contributed by atoms with E-state index in [4.69, 9.17) is 5.73 Å². The van der Waals surface area contributed by atoms with Crippen LogP contribution in [0.3, 0.4) is 0 Å². The molecule has 1 amide bonds. The molecule has 1 saturated carbocycles. The lowest BCUT2D eigenvalue weighted by molar-refractivity contribution is -0.144. The van der Waals surface area contributed by atoms with Crippen LogP contribution >= 0.6 is 0 Å². The molecular weight excluding hydrogens is 212 g/mol. The molecule has 2 rings (SSSR count). The molecule has 0 spiro atoms. The van der Waals surface area contributed by atoms with E-state index in [2.05, 4.69) is 13.8 Å². The first kappa shape index (κ1) is 12.9. The Labute approximate surface area is 105 Å². The predicted octanol–water partition coefficient (Wildman–Crippen LogP) is 2.15. The van der Waals surface area contributed by atoms with Gasteiger partial charge in [0.05, 0.1) is 5.54 Å². The van der Waals surface area contributed by atoms with E-state index in [1.54, 1.807) is 0 Å². The summed E-state index contributed by atoms with van der Waals surface area (Å²) in [5.74, 6) is 1.30. The molecule has 2 fully saturated rings. The number of carbonyl (C=O) groups is 1. The normalized spacial score (nSPS) is 22.7. The zero-order valence-corrected chi connectivity index (χ0v) is 11.2. The van der Waals surface area contributed by atoms with Gasteiger partial charge in [-0.25, -0.2) is 0 Å². The SMILES string of the molecule is CCCC(CCC)C(=O)N1CC(N)(C2CC2)C1. The minimum absolute atomic E-state index is 0.0291. The van der Waals surface area contributed by atoms with Gasteiger partial charge in [-0.1, -0.05) is 26.7 Å². The molecule has 1 aliphatic heterocycles. The Kier molecular flexibility index (Phi) is 3.76. The van der Waals surface area contributed by atoms with Crippen molar-refractivity contribution in [1.29, 1.82) is 0 Å². The first-order valence-electron chi connectivity index (χ1n) is 7.18. The van der Waals surface area contributed by atoms with E-state index in [9.17, 15) is 4.79 Å². The third-order valence-corrected chi connectivity index (χ3v) is 4.30. The van der Waals surface area contributed by atoms with Crippen LogP contribution in [0.1, 0.15) is 52.4 Å². The topological polar surface area (TPSA) is 46.3 Å². The number of hydrogen-bond acceptors (Lipinski definition) is 2. The van der Waals surface area contributed by atoms with Gasteiger partial charge in [0.2, 0.25) is 5.91 Å². The van der Waals surface area contributed by atoms with Crippen molar-refractivity contribution in [2.24, 2.45) is 17.6 Å². The average Bonchev–Trinajstić information content (AvgIpc) is 3.07. The summed E-state index contributed by atoms with van der Waals surface area (Å²) in [7, 11) is 0. The monoisotopic (exact) mass is 238 g/mol. The number of likely N-dealkylation sites (tertiary alicyclic amines) is 1. The number of carbonyl (C=O) groups excluding carboxylic acids is 1. The highest BCUT2D eigenvalue weighted by molar-refractivity contribution is 5.80. The van der Waals surface area contributed by atoms with Crippen molar-refractivity contribution in [1.82, 2.24) is 4.90 Å². The number of nitrogens with zero attached hydrogens (tertiary/aromatic N) is 1. The highest BCUT2D eigenvalue weighted by atomic mass is 16.2. The minimum Gasteiger partial charge on any atom is -0.339 e. The summed E-state index contributed by atoms with van der Waals surface area (Å²) in [4.78, 5) is 14.3. The maximum atomic E-state index is 12.3. The van der Waals surface area contributed by atoms with Crippen molar-refractivity contribution in [3.8, 4) is 0 Å². The number of amides is 1. The van der Waals surface area contributed by atoms with E-state index in [0.717, 1.165) is 38.8 Å². The smallest absolute Gasteiger partial charge is 0.225 e. The molecular formula is C14H26N2O. The van der Waals surface area contributed by atoms with Gasteiger partial charge < -0.3 is 10.6 Å². The molecule has 3 nitrogen and oxygen atoms in total. The van der Waals surface area contributed by atoms with Gasteiger partial charge in [-0.05, 0) is 31.6 Å². The quantitative estimate of drug-likeness (QED) is 0.770. The van der Waals surface area contributed by atoms with Crippen molar-refractivity contribution in [3.63, 3.8) is 0 Å². The van der Waals surface area contributed by atoms with E-state index in [1.165, 1.54) is 12.8 Å². The molecule has 0 atom stereocenters. The summed E-state index contributed by atoms with van der Waals surface area (Å²) in [6, 6.07) is 0. The average molecular weight is 238 g/mol. The fourth-order valence-electron chi connectivity index (χ4n) is 3.08. The third kappa shape index (κ3) is 2.65. The van der Waals surface area contributed by atoms with Crippen LogP contribution in [0.2, 0.25) is 0 Å². The Morgan fingerprint density at radius 2 is 1.82 bits per heavy atom. The van der Waals surface area contributed by atoms with Crippen molar-refractivity contribution in [2.45, 2.75) is 57.9 Å². The van der Waals surface area contributed by atoms with Gasteiger partial charge in [0.15, 0.2) is 0 Å². The van der Waals surface area contributed by atoms with E-state index < -0.39 is 0 Å². The molecule has 0 aromatic rings. The fraction of sp³-hybridized carbons (Fsp3) is 0.929. The second kappa shape index (κ2) is 4.97. The Hall–Kier alpha value is -0.570. The van der Waals surface area contributed by atoms with Crippen molar-refractivity contribution in [3.05, 3.63) is 0 Å². The second-order valence-corrected chi connectivity index (χ2v) is 5.98. The van der Waals surface area contributed by atoms with Gasteiger partial charge in [-0.3, -0.25) is 4.79 Å². The van der Waals surface area contributed by atoms with E-state index in [-0.39, 0.29) is 11.5 Å². The molecule has 2 N–H and O–H groups in total. The van der Waals surface area contributed by atoms with E-state index >= 15 is 0 Å². The van der Waals surface area contributed by atoms with Crippen molar-refractivity contribution in [2.75, 3.05) is 13.1 Å². The Balaban J connectivity index is 1.83. The summed E-state index contributed by atoms with van der Waals surface area (Å²) in [5, 5.41) is 0. The largest absolute Gasteiger partial charge is 0.339 e. The molecule has 0 bridgehead atoms. The van der Waals surface area contributed by atoms with Crippen LogP contribution in [-0.4, -0.2) is 29.4 Å². The molecule has 1 aliphatic carbocycles. The summed E-state index contributed by atoms with van der Waals surface area (Å²) >= 11 is 0. The minimum atomic E-state index is -0.0291. The van der Waals surface area contributed by atoms with Crippen LogP contribution in [0.4, 0.5) is 0 Å². The summed E-state index contributed by atoms with van der Waals surface area (Å²) in [5.41, 5.74) is 6.26. The van der Waals surface area contributed by atoms with Gasteiger partial charge in [0.1, 0.15) is 0 Å². The summed E-state index contributed by atoms with van der Waals surface area (Å²) < 4.78 is 0. The number of hydrogen-bond donors (Lipinski definition) is 1. The third-order valence-electron chi connectivity index (χ3n) is 4.30. The molecule has 17 heavy (non-hydrogen) atoms. The highest BCUT2D eigenvalue weighted by Crippen LogP contribution is 2.43. The molecule has 2 aliphatic rings. The molecule has 1 heterocycles. The van der Waals surface area contributed by atoms with Crippen LogP contribution in [0.25, 0.3) is 0 Å². The zero-order chi connectivity index (χ0) is 12.5. The molecule has 0 radical (unpaired) electrons. The van der Waals surface area contributed by atoms with Crippen LogP contribution in [-0.2, 0) is 4.79 Å². The van der Waals surface area contributed by atoms with Crippen molar-refractivity contribution < 1.29 is 4.79 Å². The lowest BCUT2D eigenvalue weighted by atomic mass is 9.84. The standard InChI is InChI=1S/C14H26N2O/c1-3-5-11(6-4-2)13(17)16-9-14(15,10-16)12-7-8-12/h11-12H,3-10,15H2,1-2H3. The summed E-state index contributed by atoms with van der Waals surface area (Å²) in [6.45, 7) is 5.92. The Bertz CT molecular complexity index is 274. The molecule has 98 valence electrons. The van der Waals surface area contributed by atoms with Gasteiger partial charge in [0.25, 0.3) is 0 Å². The Morgan fingerprint density at radius 3 is 2.24 bits per heavy atom. The molecule has 0 unspecified atom stereocenters. The first-order valence-corrected chi connectivity index (χ1v) is 7.18. The molecule has 0 aromatic carbocycles. The Morgan fingerprint density at radius 1 is 1.29 bits per heavy atom. The zero-order valence-electron chi connectivity index (χ0n) is 11.2. The maximum Gasteiger partial charge on any atom is 0.225 e. The molecule has 3 heteroatoms. The van der Waals surface area contributed by atoms with Crippen LogP contribution in [0, 0.1) is 11.8 Å². The highest BCUT2D eigenvalue weighted by Gasteiger charge is 2.52.